The highest BCUT2D eigenvalue weighted by Gasteiger charge is 2.17. The monoisotopic (exact) mass is 162 g/mol. The van der Waals surface area contributed by atoms with E-state index >= 15 is 0 Å². The third-order valence-corrected chi connectivity index (χ3v) is 2.48. The maximum atomic E-state index is 5.55. The van der Waals surface area contributed by atoms with Gasteiger partial charge >= 0.3 is 0 Å². The summed E-state index contributed by atoms with van der Waals surface area (Å²) < 4.78 is 0. The summed E-state index contributed by atoms with van der Waals surface area (Å²) in [5.41, 5.74) is 9.45. The largest absolute Gasteiger partial charge is 0.384 e. The van der Waals surface area contributed by atoms with E-state index < -0.39 is 0 Å². The molecule has 1 aromatic rings. The van der Waals surface area contributed by atoms with Crippen LogP contribution >= 0.6 is 0 Å². The van der Waals surface area contributed by atoms with Crippen LogP contribution in [0.25, 0.3) is 0 Å². The van der Waals surface area contributed by atoms with Crippen molar-refractivity contribution in [2.24, 2.45) is 5.73 Å². The van der Waals surface area contributed by atoms with Gasteiger partial charge in [-0.05, 0) is 17.2 Å². The molecule has 1 aliphatic rings. The standard InChI is InChI=1S/C10H14N2/c1-7-6-12-10-4-8(5-11)2-3-9(7)10/h2-4,7,12H,5-6,11H2,1H3. The van der Waals surface area contributed by atoms with Crippen molar-refractivity contribution in [3.63, 3.8) is 0 Å². The van der Waals surface area contributed by atoms with Gasteiger partial charge in [-0.25, -0.2) is 0 Å². The third-order valence-electron chi connectivity index (χ3n) is 2.48. The Kier molecular flexibility index (Phi) is 1.77. The van der Waals surface area contributed by atoms with Crippen molar-refractivity contribution in [1.82, 2.24) is 0 Å². The van der Waals surface area contributed by atoms with E-state index in [9.17, 15) is 0 Å². The summed E-state index contributed by atoms with van der Waals surface area (Å²) in [5.74, 6) is 0.645. The lowest BCUT2D eigenvalue weighted by molar-refractivity contribution is 0.854. The topological polar surface area (TPSA) is 38.0 Å². The number of rotatable bonds is 1. The van der Waals surface area contributed by atoms with E-state index in [0.29, 0.717) is 12.5 Å². The Morgan fingerprint density at radius 1 is 1.58 bits per heavy atom. The fourth-order valence-corrected chi connectivity index (χ4v) is 1.69. The molecule has 0 saturated carbocycles. The van der Waals surface area contributed by atoms with Gasteiger partial charge in [0, 0.05) is 24.7 Å². The summed E-state index contributed by atoms with van der Waals surface area (Å²) in [5, 5.41) is 3.37. The van der Waals surface area contributed by atoms with Crippen molar-refractivity contribution in [2.45, 2.75) is 19.4 Å². The second-order valence-corrected chi connectivity index (χ2v) is 3.41. The van der Waals surface area contributed by atoms with Crippen LogP contribution in [0, 0.1) is 0 Å². The second kappa shape index (κ2) is 2.79. The molecule has 0 bridgehead atoms. The lowest BCUT2D eigenvalue weighted by Crippen LogP contribution is -1.97. The molecule has 2 rings (SSSR count). The first-order valence-corrected chi connectivity index (χ1v) is 4.38. The molecule has 1 unspecified atom stereocenters. The van der Waals surface area contributed by atoms with E-state index in [2.05, 4.69) is 30.4 Å². The van der Waals surface area contributed by atoms with Crippen molar-refractivity contribution < 1.29 is 0 Å². The second-order valence-electron chi connectivity index (χ2n) is 3.41. The van der Waals surface area contributed by atoms with Gasteiger partial charge in [-0.15, -0.1) is 0 Å². The number of nitrogens with two attached hydrogens (primary N) is 1. The van der Waals surface area contributed by atoms with Crippen molar-refractivity contribution in [1.29, 1.82) is 0 Å². The van der Waals surface area contributed by atoms with Crippen molar-refractivity contribution in [3.05, 3.63) is 29.3 Å². The number of benzene rings is 1. The van der Waals surface area contributed by atoms with Crippen LogP contribution in [0.15, 0.2) is 18.2 Å². The van der Waals surface area contributed by atoms with Gasteiger partial charge in [0.2, 0.25) is 0 Å². The fraction of sp³-hybridized carbons (Fsp3) is 0.400. The van der Waals surface area contributed by atoms with Gasteiger partial charge in [0.15, 0.2) is 0 Å². The molecule has 12 heavy (non-hydrogen) atoms. The normalized spacial score (nSPS) is 20.3. The summed E-state index contributed by atoms with van der Waals surface area (Å²) in [7, 11) is 0. The molecule has 0 aromatic heterocycles. The third kappa shape index (κ3) is 1.08. The summed E-state index contributed by atoms with van der Waals surface area (Å²) in [4.78, 5) is 0. The molecule has 64 valence electrons. The molecular weight excluding hydrogens is 148 g/mol. The minimum absolute atomic E-state index is 0.628. The minimum atomic E-state index is 0.628. The molecule has 0 fully saturated rings. The van der Waals surface area contributed by atoms with Gasteiger partial charge in [-0.2, -0.15) is 0 Å². The number of hydrogen-bond donors (Lipinski definition) is 2. The molecule has 1 atom stereocenters. The molecule has 0 aliphatic carbocycles. The van der Waals surface area contributed by atoms with E-state index in [-0.39, 0.29) is 0 Å². The van der Waals surface area contributed by atoms with Gasteiger partial charge in [-0.1, -0.05) is 19.1 Å². The summed E-state index contributed by atoms with van der Waals surface area (Å²) in [6, 6.07) is 6.45. The lowest BCUT2D eigenvalue weighted by atomic mass is 10.0. The summed E-state index contributed by atoms with van der Waals surface area (Å²) in [6.45, 7) is 3.92. The molecule has 0 saturated heterocycles. The zero-order valence-corrected chi connectivity index (χ0v) is 7.30. The van der Waals surface area contributed by atoms with Gasteiger partial charge in [0.25, 0.3) is 0 Å². The van der Waals surface area contributed by atoms with E-state index in [1.54, 1.807) is 0 Å². The SMILES string of the molecule is CC1CNc2cc(CN)ccc21. The Balaban J connectivity index is 2.41. The van der Waals surface area contributed by atoms with Gasteiger partial charge < -0.3 is 11.1 Å². The fourth-order valence-electron chi connectivity index (χ4n) is 1.69. The smallest absolute Gasteiger partial charge is 0.0379 e. The molecule has 0 amide bonds. The minimum Gasteiger partial charge on any atom is -0.384 e. The van der Waals surface area contributed by atoms with E-state index in [1.165, 1.54) is 16.8 Å². The van der Waals surface area contributed by atoms with Crippen LogP contribution in [0.3, 0.4) is 0 Å². The number of anilines is 1. The molecule has 1 aliphatic heterocycles. The van der Waals surface area contributed by atoms with Crippen molar-refractivity contribution >= 4 is 5.69 Å². The first kappa shape index (κ1) is 7.62. The van der Waals surface area contributed by atoms with Crippen LogP contribution in [-0.4, -0.2) is 6.54 Å². The molecule has 1 heterocycles. The average Bonchev–Trinajstić information content (AvgIpc) is 2.47. The molecular formula is C10H14N2. The molecule has 1 aromatic carbocycles. The number of hydrogen-bond acceptors (Lipinski definition) is 2. The van der Waals surface area contributed by atoms with Crippen LogP contribution in [0.4, 0.5) is 5.69 Å². The predicted molar refractivity (Wildman–Crippen MR) is 51.2 cm³/mol. The Morgan fingerprint density at radius 2 is 2.42 bits per heavy atom. The number of fused-ring (bicyclic) bond motifs is 1. The number of nitrogens with one attached hydrogen (secondary N) is 1. The maximum absolute atomic E-state index is 5.55. The Labute approximate surface area is 72.8 Å². The predicted octanol–water partition coefficient (Wildman–Crippen LogP) is 1.67. The average molecular weight is 162 g/mol. The van der Waals surface area contributed by atoms with Gasteiger partial charge in [-0.3, -0.25) is 0 Å². The highest BCUT2D eigenvalue weighted by Crippen LogP contribution is 2.31. The first-order valence-electron chi connectivity index (χ1n) is 4.38. The highest BCUT2D eigenvalue weighted by atomic mass is 14.9. The Bertz CT molecular complexity index is 294. The highest BCUT2D eigenvalue weighted by molar-refractivity contribution is 5.59. The zero-order valence-electron chi connectivity index (χ0n) is 7.30. The first-order chi connectivity index (χ1) is 5.81. The lowest BCUT2D eigenvalue weighted by Gasteiger charge is -2.03. The molecule has 0 radical (unpaired) electrons. The van der Waals surface area contributed by atoms with E-state index in [1.807, 2.05) is 0 Å². The quantitative estimate of drug-likeness (QED) is 0.659. The molecule has 2 heteroatoms. The van der Waals surface area contributed by atoms with Gasteiger partial charge in [0.05, 0.1) is 0 Å². The van der Waals surface area contributed by atoms with Crippen LogP contribution in [0.5, 0.6) is 0 Å². The summed E-state index contributed by atoms with van der Waals surface area (Å²) in [6.07, 6.45) is 0. The van der Waals surface area contributed by atoms with Crippen LogP contribution in [0.1, 0.15) is 24.0 Å². The van der Waals surface area contributed by atoms with Crippen LogP contribution in [-0.2, 0) is 6.54 Å². The van der Waals surface area contributed by atoms with E-state index in [0.717, 1.165) is 6.54 Å². The molecule has 2 nitrogen and oxygen atoms in total. The van der Waals surface area contributed by atoms with E-state index in [4.69, 9.17) is 5.73 Å². The molecule has 3 N–H and O–H groups in total. The molecule has 0 spiro atoms. The van der Waals surface area contributed by atoms with Crippen molar-refractivity contribution in [3.8, 4) is 0 Å². The Morgan fingerprint density at radius 3 is 3.17 bits per heavy atom. The maximum Gasteiger partial charge on any atom is 0.0379 e. The van der Waals surface area contributed by atoms with Crippen molar-refractivity contribution in [2.75, 3.05) is 11.9 Å². The summed E-state index contributed by atoms with van der Waals surface area (Å²) >= 11 is 0. The van der Waals surface area contributed by atoms with Crippen LogP contribution < -0.4 is 11.1 Å². The zero-order chi connectivity index (χ0) is 8.55. The van der Waals surface area contributed by atoms with Crippen LogP contribution in [0.2, 0.25) is 0 Å². The van der Waals surface area contributed by atoms with Gasteiger partial charge in [0.1, 0.15) is 0 Å². The Hall–Kier alpha value is -1.02.